The maximum atomic E-state index is 12.3. The van der Waals surface area contributed by atoms with E-state index in [0.29, 0.717) is 0 Å². The number of rotatable bonds is 5. The van der Waals surface area contributed by atoms with E-state index >= 15 is 0 Å². The Labute approximate surface area is 159 Å². The molecule has 1 saturated heterocycles. The van der Waals surface area contributed by atoms with Gasteiger partial charge in [0.05, 0.1) is 6.21 Å². The Kier molecular flexibility index (Phi) is 6.42. The molecule has 0 aromatic heterocycles. The number of aryl methyl sites for hydroxylation is 1. The first kappa shape index (κ1) is 18.6. The molecule has 0 bridgehead atoms. The van der Waals surface area contributed by atoms with Gasteiger partial charge < -0.3 is 0 Å². The van der Waals surface area contributed by atoms with E-state index in [1.54, 1.807) is 6.21 Å². The van der Waals surface area contributed by atoms with Crippen molar-refractivity contribution in [2.24, 2.45) is 11.0 Å². The topological polar surface area (TPSA) is 44.7 Å². The van der Waals surface area contributed by atoms with Gasteiger partial charge in [0.25, 0.3) is 0 Å². The summed E-state index contributed by atoms with van der Waals surface area (Å²) in [7, 11) is 0. The van der Waals surface area contributed by atoms with Gasteiger partial charge in [-0.1, -0.05) is 48.0 Å². The number of carbonyl (C=O) groups is 1. The average molecular weight is 370 g/mol. The van der Waals surface area contributed by atoms with Crippen molar-refractivity contribution in [2.45, 2.75) is 26.3 Å². The van der Waals surface area contributed by atoms with Gasteiger partial charge in [-0.3, -0.25) is 9.69 Å². The van der Waals surface area contributed by atoms with Gasteiger partial charge >= 0.3 is 0 Å². The first-order valence-electron chi connectivity index (χ1n) is 8.97. The summed E-state index contributed by atoms with van der Waals surface area (Å²) in [6, 6.07) is 15.9. The number of piperidine rings is 1. The van der Waals surface area contributed by atoms with Crippen LogP contribution in [0.15, 0.2) is 53.6 Å². The van der Waals surface area contributed by atoms with Crippen molar-refractivity contribution in [3.63, 3.8) is 0 Å². The minimum atomic E-state index is 0.0148. The van der Waals surface area contributed by atoms with Crippen LogP contribution in [0, 0.1) is 12.8 Å². The molecule has 0 saturated carbocycles. The minimum Gasteiger partial charge on any atom is -0.299 e. The largest absolute Gasteiger partial charge is 0.299 e. The van der Waals surface area contributed by atoms with E-state index < -0.39 is 0 Å². The Bertz CT molecular complexity index is 765. The molecule has 5 heteroatoms. The highest BCUT2D eigenvalue weighted by atomic mass is 35.5. The number of hydrazone groups is 1. The van der Waals surface area contributed by atoms with Crippen LogP contribution in [0.2, 0.25) is 5.02 Å². The molecule has 4 nitrogen and oxygen atoms in total. The molecular formula is C21H24ClN3O. The zero-order valence-corrected chi connectivity index (χ0v) is 15.7. The van der Waals surface area contributed by atoms with Crippen molar-refractivity contribution in [3.05, 3.63) is 70.2 Å². The highest BCUT2D eigenvalue weighted by Crippen LogP contribution is 2.20. The lowest BCUT2D eigenvalue weighted by molar-refractivity contribution is -0.126. The highest BCUT2D eigenvalue weighted by Gasteiger charge is 2.24. The molecule has 136 valence electrons. The molecule has 1 aliphatic rings. The minimum absolute atomic E-state index is 0.0148. The van der Waals surface area contributed by atoms with Crippen molar-refractivity contribution >= 4 is 23.7 Å². The summed E-state index contributed by atoms with van der Waals surface area (Å²) >= 11 is 5.93. The number of likely N-dealkylation sites (tertiary alicyclic amines) is 1. The van der Waals surface area contributed by atoms with Crippen LogP contribution >= 0.6 is 11.6 Å². The number of carbonyl (C=O) groups excluding carboxylic acids is 1. The number of nitrogens with one attached hydrogen (secondary N) is 1. The van der Waals surface area contributed by atoms with Gasteiger partial charge in [-0.05, 0) is 61.7 Å². The van der Waals surface area contributed by atoms with E-state index in [-0.39, 0.29) is 11.8 Å². The lowest BCUT2D eigenvalue weighted by Crippen LogP contribution is -2.39. The summed E-state index contributed by atoms with van der Waals surface area (Å²) < 4.78 is 0. The van der Waals surface area contributed by atoms with Crippen molar-refractivity contribution in [1.29, 1.82) is 0 Å². The highest BCUT2D eigenvalue weighted by molar-refractivity contribution is 6.30. The van der Waals surface area contributed by atoms with Gasteiger partial charge in [0.15, 0.2) is 0 Å². The molecule has 0 radical (unpaired) electrons. The average Bonchev–Trinajstić information content (AvgIpc) is 2.66. The first-order valence-corrected chi connectivity index (χ1v) is 9.35. The molecule has 1 amide bonds. The molecule has 1 aliphatic heterocycles. The van der Waals surface area contributed by atoms with Crippen LogP contribution in [0.4, 0.5) is 0 Å². The van der Waals surface area contributed by atoms with Gasteiger partial charge in [-0.25, -0.2) is 5.43 Å². The van der Waals surface area contributed by atoms with Crippen molar-refractivity contribution in [3.8, 4) is 0 Å². The fourth-order valence-corrected chi connectivity index (χ4v) is 3.32. The molecular weight excluding hydrogens is 346 g/mol. The Balaban J connectivity index is 1.44. The monoisotopic (exact) mass is 369 g/mol. The molecule has 1 heterocycles. The molecule has 0 spiro atoms. The van der Waals surface area contributed by atoms with Crippen LogP contribution in [0.1, 0.15) is 29.5 Å². The van der Waals surface area contributed by atoms with Crippen LogP contribution < -0.4 is 5.43 Å². The summed E-state index contributed by atoms with van der Waals surface area (Å²) in [5.41, 5.74) is 6.11. The molecule has 2 aromatic carbocycles. The van der Waals surface area contributed by atoms with E-state index in [9.17, 15) is 4.79 Å². The summed E-state index contributed by atoms with van der Waals surface area (Å²) in [5, 5.41) is 4.88. The number of hydrogen-bond donors (Lipinski definition) is 1. The van der Waals surface area contributed by atoms with Crippen molar-refractivity contribution in [1.82, 2.24) is 10.3 Å². The lowest BCUT2D eigenvalue weighted by atomic mass is 9.96. The van der Waals surface area contributed by atoms with Gasteiger partial charge in [-0.15, -0.1) is 0 Å². The number of amides is 1. The SMILES string of the molecule is Cc1ccccc1/C=N\NC(=O)C1CCN(Cc2ccc(Cl)cc2)CC1. The maximum Gasteiger partial charge on any atom is 0.243 e. The lowest BCUT2D eigenvalue weighted by Gasteiger charge is -2.30. The molecule has 3 rings (SSSR count). The molecule has 0 atom stereocenters. The van der Waals surface area contributed by atoms with Crippen molar-refractivity contribution < 1.29 is 4.79 Å². The van der Waals surface area contributed by atoms with Crippen molar-refractivity contribution in [2.75, 3.05) is 13.1 Å². The number of hydrogen-bond acceptors (Lipinski definition) is 3. The summed E-state index contributed by atoms with van der Waals surface area (Å²) in [6.45, 7) is 4.76. The zero-order chi connectivity index (χ0) is 18.4. The second kappa shape index (κ2) is 8.97. The van der Waals surface area contributed by atoms with E-state index in [1.165, 1.54) is 5.56 Å². The molecule has 1 fully saturated rings. The van der Waals surface area contributed by atoms with Gasteiger partial charge in [-0.2, -0.15) is 5.10 Å². The Morgan fingerprint density at radius 2 is 1.88 bits per heavy atom. The number of nitrogens with zero attached hydrogens (tertiary/aromatic N) is 2. The van der Waals surface area contributed by atoms with E-state index in [0.717, 1.165) is 48.6 Å². The fraction of sp³-hybridized carbons (Fsp3) is 0.333. The van der Waals surface area contributed by atoms with Crippen LogP contribution in [0.3, 0.4) is 0 Å². The summed E-state index contributed by atoms with van der Waals surface area (Å²) in [4.78, 5) is 14.7. The zero-order valence-electron chi connectivity index (χ0n) is 15.0. The molecule has 26 heavy (non-hydrogen) atoms. The van der Waals surface area contributed by atoms with Gasteiger partial charge in [0.1, 0.15) is 0 Å². The Hall–Kier alpha value is -2.17. The Morgan fingerprint density at radius 3 is 2.58 bits per heavy atom. The molecule has 2 aromatic rings. The standard InChI is InChI=1S/C21H24ClN3O/c1-16-4-2-3-5-19(16)14-23-24-21(26)18-10-12-25(13-11-18)15-17-6-8-20(22)9-7-17/h2-9,14,18H,10-13,15H2,1H3,(H,24,26)/b23-14-. The van der Waals surface area contributed by atoms with Crippen LogP contribution in [-0.4, -0.2) is 30.1 Å². The van der Waals surface area contributed by atoms with Gasteiger partial charge in [0, 0.05) is 17.5 Å². The van der Waals surface area contributed by atoms with E-state index in [1.807, 2.05) is 43.3 Å². The van der Waals surface area contributed by atoms with E-state index in [4.69, 9.17) is 11.6 Å². The van der Waals surface area contributed by atoms with Crippen LogP contribution in [-0.2, 0) is 11.3 Å². The number of halogens is 1. The summed E-state index contributed by atoms with van der Waals surface area (Å²) in [6.07, 6.45) is 3.43. The summed E-state index contributed by atoms with van der Waals surface area (Å²) in [5.74, 6) is 0.0477. The quantitative estimate of drug-likeness (QED) is 0.639. The van der Waals surface area contributed by atoms with Crippen LogP contribution in [0.25, 0.3) is 0 Å². The third-order valence-corrected chi connectivity index (χ3v) is 5.10. The third kappa shape index (κ3) is 5.16. The second-order valence-corrected chi connectivity index (χ2v) is 7.20. The predicted molar refractivity (Wildman–Crippen MR) is 106 cm³/mol. The first-order chi connectivity index (χ1) is 12.6. The smallest absolute Gasteiger partial charge is 0.243 e. The van der Waals surface area contributed by atoms with Gasteiger partial charge in [0.2, 0.25) is 5.91 Å². The number of benzene rings is 2. The molecule has 0 aliphatic carbocycles. The predicted octanol–water partition coefficient (Wildman–Crippen LogP) is 4.01. The fourth-order valence-electron chi connectivity index (χ4n) is 3.19. The normalized spacial score (nSPS) is 16.1. The third-order valence-electron chi connectivity index (χ3n) is 4.84. The molecule has 1 N–H and O–H groups in total. The molecule has 0 unspecified atom stereocenters. The second-order valence-electron chi connectivity index (χ2n) is 6.77. The Morgan fingerprint density at radius 1 is 1.19 bits per heavy atom. The van der Waals surface area contributed by atoms with E-state index in [2.05, 4.69) is 27.6 Å². The maximum absolute atomic E-state index is 12.3. The van der Waals surface area contributed by atoms with Crippen LogP contribution in [0.5, 0.6) is 0 Å².